The topological polar surface area (TPSA) is 75.6 Å². The minimum atomic E-state index is 0.177. The molecule has 7 heteroatoms. The van der Waals surface area contributed by atoms with E-state index in [4.69, 9.17) is 8.94 Å². The van der Waals surface area contributed by atoms with Crippen LogP contribution in [0.1, 0.15) is 23.6 Å². The summed E-state index contributed by atoms with van der Waals surface area (Å²) in [5.74, 6) is 2.26. The average Bonchev–Trinajstić information content (AvgIpc) is 3.39. The van der Waals surface area contributed by atoms with Crippen LogP contribution in [0, 0.1) is 6.92 Å². The summed E-state index contributed by atoms with van der Waals surface area (Å²) < 4.78 is 10.7. The normalized spacial score (nSPS) is 15.1. The molecule has 0 saturated carbocycles. The van der Waals surface area contributed by atoms with Crippen molar-refractivity contribution in [3.63, 3.8) is 0 Å². The summed E-state index contributed by atoms with van der Waals surface area (Å²) in [6.07, 6.45) is 2.77. The van der Waals surface area contributed by atoms with Crippen LogP contribution in [0.4, 0.5) is 0 Å². The number of hydrogen-bond acceptors (Lipinski definition) is 6. The molecule has 0 atom stereocenters. The molecule has 4 rings (SSSR count). The van der Waals surface area contributed by atoms with Crippen LogP contribution in [-0.4, -0.2) is 52.0 Å². The Morgan fingerprint density at radius 2 is 1.93 bits per heavy atom. The quantitative estimate of drug-likeness (QED) is 0.655. The predicted molar refractivity (Wildman–Crippen MR) is 103 cm³/mol. The Hall–Kier alpha value is -2.93. The highest BCUT2D eigenvalue weighted by Crippen LogP contribution is 2.20. The van der Waals surface area contributed by atoms with Gasteiger partial charge in [0.05, 0.1) is 12.8 Å². The van der Waals surface area contributed by atoms with Crippen molar-refractivity contribution in [2.75, 3.05) is 26.2 Å². The van der Waals surface area contributed by atoms with Crippen LogP contribution in [0.15, 0.2) is 51.6 Å². The molecule has 1 aliphatic heterocycles. The van der Waals surface area contributed by atoms with Crippen LogP contribution in [0.3, 0.4) is 0 Å². The number of piperazine rings is 1. The molecule has 0 aliphatic carbocycles. The highest BCUT2D eigenvalue weighted by Gasteiger charge is 2.22. The largest absolute Gasteiger partial charge is 0.469 e. The zero-order chi connectivity index (χ0) is 19.3. The lowest BCUT2D eigenvalue weighted by Crippen LogP contribution is -2.48. The zero-order valence-corrected chi connectivity index (χ0v) is 16.0. The van der Waals surface area contributed by atoms with Crippen LogP contribution >= 0.6 is 0 Å². The van der Waals surface area contributed by atoms with Gasteiger partial charge in [0.25, 0.3) is 0 Å². The third kappa shape index (κ3) is 4.31. The first kappa shape index (κ1) is 18.4. The Balaban J connectivity index is 1.27. The molecule has 1 amide bonds. The van der Waals surface area contributed by atoms with Crippen molar-refractivity contribution >= 4 is 5.91 Å². The number of aryl methyl sites for hydroxylation is 2. The Labute approximate surface area is 163 Å². The van der Waals surface area contributed by atoms with Gasteiger partial charge in [-0.1, -0.05) is 29.4 Å². The van der Waals surface area contributed by atoms with Gasteiger partial charge in [-0.05, 0) is 24.6 Å². The van der Waals surface area contributed by atoms with E-state index in [1.807, 2.05) is 48.2 Å². The molecule has 3 aromatic rings. The van der Waals surface area contributed by atoms with Gasteiger partial charge in [0, 0.05) is 44.6 Å². The molecular formula is C21H24N4O3. The van der Waals surface area contributed by atoms with Gasteiger partial charge < -0.3 is 13.8 Å². The van der Waals surface area contributed by atoms with Gasteiger partial charge >= 0.3 is 0 Å². The fraction of sp³-hybridized carbons (Fsp3) is 0.381. The third-order valence-corrected chi connectivity index (χ3v) is 5.10. The Morgan fingerprint density at radius 1 is 1.11 bits per heavy atom. The molecule has 7 nitrogen and oxygen atoms in total. The van der Waals surface area contributed by atoms with E-state index in [2.05, 4.69) is 15.0 Å². The van der Waals surface area contributed by atoms with E-state index >= 15 is 0 Å². The van der Waals surface area contributed by atoms with Gasteiger partial charge in [-0.25, -0.2) is 0 Å². The molecule has 28 heavy (non-hydrogen) atoms. The molecule has 0 N–H and O–H groups in total. The lowest BCUT2D eigenvalue weighted by atomic mass is 10.1. The van der Waals surface area contributed by atoms with Gasteiger partial charge in [-0.15, -0.1) is 0 Å². The van der Waals surface area contributed by atoms with Gasteiger partial charge in [0.1, 0.15) is 5.76 Å². The van der Waals surface area contributed by atoms with Crippen LogP contribution in [0.25, 0.3) is 11.4 Å². The zero-order valence-electron chi connectivity index (χ0n) is 16.0. The second kappa shape index (κ2) is 8.39. The summed E-state index contributed by atoms with van der Waals surface area (Å²) in [6.45, 7) is 5.68. The van der Waals surface area contributed by atoms with Gasteiger partial charge in [-0.3, -0.25) is 9.69 Å². The maximum Gasteiger partial charge on any atom is 0.241 e. The number of hydrogen-bond donors (Lipinski definition) is 0. The number of nitrogens with zero attached hydrogens (tertiary/aromatic N) is 4. The first-order chi connectivity index (χ1) is 13.7. The Kier molecular flexibility index (Phi) is 5.53. The molecule has 0 spiro atoms. The van der Waals surface area contributed by atoms with E-state index < -0.39 is 0 Å². The van der Waals surface area contributed by atoms with E-state index in [-0.39, 0.29) is 5.91 Å². The van der Waals surface area contributed by atoms with Crippen molar-refractivity contribution in [2.24, 2.45) is 0 Å². The summed E-state index contributed by atoms with van der Waals surface area (Å²) in [5, 5.41) is 4.12. The molecule has 146 valence electrons. The standard InChI is InChI=1S/C21H24N4O3/c1-16-5-2-3-7-18(16)21-22-19(28-23-21)15-24-10-12-25(13-11-24)20(26)9-8-17-6-4-14-27-17/h2-7,14H,8-13,15H2,1H3. The maximum atomic E-state index is 12.4. The fourth-order valence-electron chi connectivity index (χ4n) is 3.44. The van der Waals surface area contributed by atoms with Crippen molar-refractivity contribution in [1.82, 2.24) is 19.9 Å². The minimum Gasteiger partial charge on any atom is -0.469 e. The smallest absolute Gasteiger partial charge is 0.241 e. The third-order valence-electron chi connectivity index (χ3n) is 5.10. The van der Waals surface area contributed by atoms with Gasteiger partial charge in [-0.2, -0.15) is 4.98 Å². The highest BCUT2D eigenvalue weighted by atomic mass is 16.5. The van der Waals surface area contributed by atoms with E-state index in [1.165, 1.54) is 0 Å². The van der Waals surface area contributed by atoms with Gasteiger partial charge in [0.2, 0.25) is 17.6 Å². The second-order valence-electron chi connectivity index (χ2n) is 7.06. The summed E-state index contributed by atoms with van der Waals surface area (Å²) in [5.41, 5.74) is 2.11. The van der Waals surface area contributed by atoms with Crippen molar-refractivity contribution in [3.8, 4) is 11.4 Å². The summed E-state index contributed by atoms with van der Waals surface area (Å²) in [7, 11) is 0. The maximum absolute atomic E-state index is 12.4. The van der Waals surface area contributed by atoms with Crippen molar-refractivity contribution in [2.45, 2.75) is 26.3 Å². The monoisotopic (exact) mass is 380 g/mol. The molecule has 1 aliphatic rings. The number of aromatic nitrogens is 2. The van der Waals surface area contributed by atoms with Crippen LogP contribution in [0.2, 0.25) is 0 Å². The van der Waals surface area contributed by atoms with Crippen molar-refractivity contribution < 1.29 is 13.7 Å². The average molecular weight is 380 g/mol. The predicted octanol–water partition coefficient (Wildman–Crippen LogP) is 2.92. The summed E-state index contributed by atoms with van der Waals surface area (Å²) in [6, 6.07) is 11.8. The lowest BCUT2D eigenvalue weighted by Gasteiger charge is -2.34. The molecule has 2 aromatic heterocycles. The molecular weight excluding hydrogens is 356 g/mol. The molecule has 0 unspecified atom stereocenters. The number of carbonyl (C=O) groups is 1. The van der Waals surface area contributed by atoms with Crippen LogP contribution < -0.4 is 0 Å². The number of furan rings is 1. The highest BCUT2D eigenvalue weighted by molar-refractivity contribution is 5.76. The van der Waals surface area contributed by atoms with E-state index in [0.717, 1.165) is 43.1 Å². The Bertz CT molecular complexity index is 911. The summed E-state index contributed by atoms with van der Waals surface area (Å²) in [4.78, 5) is 21.1. The molecule has 3 heterocycles. The van der Waals surface area contributed by atoms with Crippen LogP contribution in [0.5, 0.6) is 0 Å². The molecule has 1 fully saturated rings. The van der Waals surface area contributed by atoms with E-state index in [9.17, 15) is 4.79 Å². The number of carbonyl (C=O) groups excluding carboxylic acids is 1. The SMILES string of the molecule is Cc1ccccc1-c1noc(CN2CCN(C(=O)CCc3ccco3)CC2)n1. The number of rotatable bonds is 6. The lowest BCUT2D eigenvalue weighted by molar-refractivity contribution is -0.133. The first-order valence-corrected chi connectivity index (χ1v) is 9.60. The number of benzene rings is 1. The fourth-order valence-corrected chi connectivity index (χ4v) is 3.44. The van der Waals surface area contributed by atoms with E-state index in [1.54, 1.807) is 6.26 Å². The first-order valence-electron chi connectivity index (χ1n) is 9.60. The molecule has 1 aromatic carbocycles. The summed E-state index contributed by atoms with van der Waals surface area (Å²) >= 11 is 0. The van der Waals surface area contributed by atoms with Crippen molar-refractivity contribution in [3.05, 3.63) is 59.9 Å². The van der Waals surface area contributed by atoms with Crippen molar-refractivity contribution in [1.29, 1.82) is 0 Å². The molecule has 0 bridgehead atoms. The Morgan fingerprint density at radius 3 is 2.68 bits per heavy atom. The molecule has 0 radical (unpaired) electrons. The van der Waals surface area contributed by atoms with Crippen LogP contribution in [-0.2, 0) is 17.8 Å². The minimum absolute atomic E-state index is 0.177. The second-order valence-corrected chi connectivity index (χ2v) is 7.06. The van der Waals surface area contributed by atoms with Gasteiger partial charge in [0.15, 0.2) is 0 Å². The van der Waals surface area contributed by atoms with E-state index in [0.29, 0.717) is 31.1 Å². The molecule has 1 saturated heterocycles. The number of amides is 1.